The number of rotatable bonds is 4. The van der Waals surface area contributed by atoms with Crippen molar-refractivity contribution in [3.05, 3.63) is 53.5 Å². The maximum Gasteiger partial charge on any atom is 0.251 e. The van der Waals surface area contributed by atoms with Gasteiger partial charge in [-0.3, -0.25) is 9.48 Å². The van der Waals surface area contributed by atoms with Crippen LogP contribution in [0.15, 0.2) is 41.1 Å². The Kier molecular flexibility index (Phi) is 3.84. The molecule has 0 unspecified atom stereocenters. The van der Waals surface area contributed by atoms with Gasteiger partial charge in [0.15, 0.2) is 0 Å². The van der Waals surface area contributed by atoms with E-state index in [0.29, 0.717) is 18.4 Å². The van der Waals surface area contributed by atoms with Crippen LogP contribution in [0.1, 0.15) is 40.6 Å². The zero-order valence-electron chi connectivity index (χ0n) is 14.3. The van der Waals surface area contributed by atoms with Gasteiger partial charge in [-0.2, -0.15) is 5.10 Å². The first-order chi connectivity index (χ1) is 12.0. The van der Waals surface area contributed by atoms with Gasteiger partial charge in [-0.15, -0.1) is 0 Å². The lowest BCUT2D eigenvalue weighted by Gasteiger charge is -2.37. The molecule has 1 saturated carbocycles. The van der Waals surface area contributed by atoms with Crippen LogP contribution in [0.3, 0.4) is 0 Å². The maximum absolute atomic E-state index is 12.8. The minimum atomic E-state index is -0.272. The van der Waals surface area contributed by atoms with Crippen LogP contribution in [-0.4, -0.2) is 26.9 Å². The number of aliphatic hydroxyl groups is 1. The van der Waals surface area contributed by atoms with Crippen LogP contribution in [-0.2, 0) is 7.05 Å². The number of furan rings is 1. The van der Waals surface area contributed by atoms with E-state index in [9.17, 15) is 9.90 Å². The van der Waals surface area contributed by atoms with Gasteiger partial charge in [0.1, 0.15) is 11.3 Å². The van der Waals surface area contributed by atoms with E-state index in [1.54, 1.807) is 16.9 Å². The van der Waals surface area contributed by atoms with E-state index in [1.165, 1.54) is 0 Å². The first-order valence-corrected chi connectivity index (χ1v) is 8.47. The third-order valence-electron chi connectivity index (χ3n) is 4.89. The zero-order valence-corrected chi connectivity index (χ0v) is 14.3. The van der Waals surface area contributed by atoms with E-state index in [4.69, 9.17) is 4.42 Å². The summed E-state index contributed by atoms with van der Waals surface area (Å²) in [6.45, 7) is 1.89. The molecule has 2 heterocycles. The highest BCUT2D eigenvalue weighted by Crippen LogP contribution is 2.38. The molecule has 4 rings (SSSR count). The van der Waals surface area contributed by atoms with Gasteiger partial charge in [0.25, 0.3) is 5.91 Å². The van der Waals surface area contributed by atoms with Crippen LogP contribution in [0.5, 0.6) is 0 Å². The summed E-state index contributed by atoms with van der Waals surface area (Å²) in [4.78, 5) is 12.8. The fourth-order valence-electron chi connectivity index (χ4n) is 3.52. The fourth-order valence-corrected chi connectivity index (χ4v) is 3.52. The fraction of sp³-hybridized carbons (Fsp3) is 0.368. The van der Waals surface area contributed by atoms with E-state index >= 15 is 0 Å². The number of amides is 1. The Hall–Kier alpha value is -2.60. The molecule has 1 atom stereocenters. The van der Waals surface area contributed by atoms with E-state index in [2.05, 4.69) is 10.4 Å². The number of carbonyl (C=O) groups excluding carboxylic acids is 1. The van der Waals surface area contributed by atoms with Gasteiger partial charge in [-0.1, -0.05) is 0 Å². The number of benzene rings is 1. The molecule has 1 aliphatic carbocycles. The molecule has 3 aromatic rings. The molecule has 0 radical (unpaired) electrons. The van der Waals surface area contributed by atoms with Crippen molar-refractivity contribution >= 4 is 16.9 Å². The molecule has 25 heavy (non-hydrogen) atoms. The quantitative estimate of drug-likeness (QED) is 0.766. The first-order valence-electron chi connectivity index (χ1n) is 8.47. The molecule has 2 aromatic heterocycles. The smallest absolute Gasteiger partial charge is 0.251 e. The van der Waals surface area contributed by atoms with Crippen molar-refractivity contribution in [1.82, 2.24) is 15.1 Å². The van der Waals surface area contributed by atoms with Crippen molar-refractivity contribution in [2.24, 2.45) is 13.0 Å². The van der Waals surface area contributed by atoms with E-state index < -0.39 is 0 Å². The number of hydrogen-bond donors (Lipinski definition) is 2. The van der Waals surface area contributed by atoms with Crippen LogP contribution in [0, 0.1) is 12.8 Å². The molecule has 0 saturated heterocycles. The summed E-state index contributed by atoms with van der Waals surface area (Å²) in [5.74, 6) is 0.920. The summed E-state index contributed by atoms with van der Waals surface area (Å²) in [6, 6.07) is 7.22. The standard InChI is InChI=1S/C19H21N3O3/c1-11-5-13-6-12(3-4-17(13)25-11)19(24)21-18(14-7-16(23)8-14)15-9-20-22(2)10-15/h3-6,9-10,14,16,18,23H,7-8H2,1-2H3,(H,21,24)/t14?,16?,18-/m0/s1. The van der Waals surface area contributed by atoms with Gasteiger partial charge in [-0.25, -0.2) is 0 Å². The number of carbonyl (C=O) groups is 1. The first kappa shape index (κ1) is 15.9. The number of hydrogen-bond acceptors (Lipinski definition) is 4. The summed E-state index contributed by atoms with van der Waals surface area (Å²) in [6.07, 6.45) is 4.81. The molecule has 6 nitrogen and oxygen atoms in total. The maximum atomic E-state index is 12.8. The Balaban J connectivity index is 1.58. The van der Waals surface area contributed by atoms with Crippen molar-refractivity contribution in [3.8, 4) is 0 Å². The van der Waals surface area contributed by atoms with Crippen molar-refractivity contribution in [3.63, 3.8) is 0 Å². The van der Waals surface area contributed by atoms with Crippen molar-refractivity contribution in [1.29, 1.82) is 0 Å². The Labute approximate surface area is 145 Å². The number of aromatic nitrogens is 2. The topological polar surface area (TPSA) is 80.3 Å². The second kappa shape index (κ2) is 6.04. The SMILES string of the molecule is Cc1cc2cc(C(=O)N[C@H](c3cnn(C)c3)C3CC(O)C3)ccc2o1. The Bertz CT molecular complexity index is 921. The number of aliphatic hydroxyl groups excluding tert-OH is 1. The lowest BCUT2D eigenvalue weighted by molar-refractivity contribution is 0.0235. The monoisotopic (exact) mass is 339 g/mol. The molecule has 6 heteroatoms. The highest BCUT2D eigenvalue weighted by molar-refractivity contribution is 5.98. The molecular weight excluding hydrogens is 318 g/mol. The van der Waals surface area contributed by atoms with Gasteiger partial charge in [0, 0.05) is 29.8 Å². The lowest BCUT2D eigenvalue weighted by atomic mass is 9.75. The van der Waals surface area contributed by atoms with Crippen LogP contribution in [0.2, 0.25) is 0 Å². The average molecular weight is 339 g/mol. The molecule has 1 aliphatic rings. The summed E-state index contributed by atoms with van der Waals surface area (Å²) in [5, 5.41) is 17.9. The summed E-state index contributed by atoms with van der Waals surface area (Å²) in [7, 11) is 1.85. The summed E-state index contributed by atoms with van der Waals surface area (Å²) >= 11 is 0. The van der Waals surface area contributed by atoms with Gasteiger partial charge < -0.3 is 14.8 Å². The van der Waals surface area contributed by atoms with Gasteiger partial charge in [-0.05, 0) is 49.9 Å². The number of aryl methyl sites for hydroxylation is 2. The number of nitrogens with one attached hydrogen (secondary N) is 1. The van der Waals surface area contributed by atoms with Crippen LogP contribution in [0.4, 0.5) is 0 Å². The lowest BCUT2D eigenvalue weighted by Crippen LogP contribution is -2.41. The summed E-state index contributed by atoms with van der Waals surface area (Å²) < 4.78 is 7.29. The van der Waals surface area contributed by atoms with Crippen molar-refractivity contribution in [2.45, 2.75) is 31.9 Å². The highest BCUT2D eigenvalue weighted by Gasteiger charge is 2.36. The van der Waals surface area contributed by atoms with Crippen molar-refractivity contribution < 1.29 is 14.3 Å². The predicted octanol–water partition coefficient (Wildman–Crippen LogP) is 2.72. The van der Waals surface area contributed by atoms with E-state index in [-0.39, 0.29) is 24.0 Å². The van der Waals surface area contributed by atoms with Crippen LogP contribution in [0.25, 0.3) is 11.0 Å². The predicted molar refractivity (Wildman–Crippen MR) is 93.1 cm³/mol. The minimum absolute atomic E-state index is 0.129. The van der Waals surface area contributed by atoms with Crippen LogP contribution < -0.4 is 5.32 Å². The number of fused-ring (bicyclic) bond motifs is 1. The molecule has 2 N–H and O–H groups in total. The molecule has 0 aliphatic heterocycles. The minimum Gasteiger partial charge on any atom is -0.461 e. The molecule has 0 spiro atoms. The zero-order chi connectivity index (χ0) is 17.6. The second-order valence-electron chi connectivity index (χ2n) is 6.89. The largest absolute Gasteiger partial charge is 0.461 e. The van der Waals surface area contributed by atoms with E-state index in [0.717, 1.165) is 22.3 Å². The number of nitrogens with zero attached hydrogens (tertiary/aromatic N) is 2. The van der Waals surface area contributed by atoms with E-state index in [1.807, 2.05) is 38.4 Å². The third kappa shape index (κ3) is 3.05. The molecule has 0 bridgehead atoms. The summed E-state index contributed by atoms with van der Waals surface area (Å²) in [5.41, 5.74) is 2.34. The third-order valence-corrected chi connectivity index (χ3v) is 4.89. The van der Waals surface area contributed by atoms with Gasteiger partial charge in [0.05, 0.1) is 18.3 Å². The second-order valence-corrected chi connectivity index (χ2v) is 6.89. The molecule has 130 valence electrons. The van der Waals surface area contributed by atoms with Gasteiger partial charge in [0.2, 0.25) is 0 Å². The Morgan fingerprint density at radius 3 is 2.88 bits per heavy atom. The van der Waals surface area contributed by atoms with Gasteiger partial charge >= 0.3 is 0 Å². The normalized spacial score (nSPS) is 21.1. The molecule has 1 aromatic carbocycles. The van der Waals surface area contributed by atoms with Crippen LogP contribution >= 0.6 is 0 Å². The molecular formula is C19H21N3O3. The van der Waals surface area contributed by atoms with Crippen molar-refractivity contribution in [2.75, 3.05) is 0 Å². The Morgan fingerprint density at radius 1 is 1.40 bits per heavy atom. The molecule has 1 amide bonds. The highest BCUT2D eigenvalue weighted by atomic mass is 16.3. The Morgan fingerprint density at radius 2 is 2.20 bits per heavy atom. The molecule has 1 fully saturated rings. The average Bonchev–Trinajstić information content (AvgIpc) is 3.13.